The predicted molar refractivity (Wildman–Crippen MR) is 215 cm³/mol. The standard InChI is InChI=1S/C43H45N9O7/c1-24-20-29(53)22-51(24)23-36-45-31-13-12-28(21-32(31)46-36)44-39(55)26-8-10-27(11-9-26)41-47-35(49-59-41)7-2-4-25-16-18-50(19-17-25)33-6-3-5-30-38(33)43(58)52(42(30)57)34-14-15-37(54)48-40(34)56/h3,5-6,8-13,21,24-25,29,34,53H,2,4,7,14-20,22-23H2,1H3,(H,44,55)(H,45,46)(H,48,54,56)/t24-,29-,34?/m0/s1. The first-order valence-electron chi connectivity index (χ1n) is 20.3. The molecule has 6 heterocycles. The Morgan fingerprint density at radius 3 is 2.56 bits per heavy atom. The number of rotatable bonds is 11. The quantitative estimate of drug-likeness (QED) is 0.137. The van der Waals surface area contributed by atoms with Gasteiger partial charge in [-0.15, -0.1) is 0 Å². The number of hydrogen-bond acceptors (Lipinski definition) is 12. The van der Waals surface area contributed by atoms with Crippen LogP contribution in [0.15, 0.2) is 65.2 Å². The second-order valence-electron chi connectivity index (χ2n) is 16.1. The van der Waals surface area contributed by atoms with Gasteiger partial charge >= 0.3 is 0 Å². The molecule has 0 bridgehead atoms. The number of fused-ring (bicyclic) bond motifs is 2. The van der Waals surface area contributed by atoms with Crippen LogP contribution in [0.2, 0.25) is 0 Å². The van der Waals surface area contributed by atoms with Crippen LogP contribution in [-0.4, -0.2) is 102 Å². The third-order valence-electron chi connectivity index (χ3n) is 12.1. The summed E-state index contributed by atoms with van der Waals surface area (Å²) in [6.45, 7) is 4.81. The number of aryl methyl sites for hydroxylation is 1. The fraction of sp³-hybridized carbons (Fsp3) is 0.395. The molecule has 3 saturated heterocycles. The highest BCUT2D eigenvalue weighted by Crippen LogP contribution is 2.36. The normalized spacial score (nSPS) is 21.4. The minimum atomic E-state index is -0.994. The van der Waals surface area contributed by atoms with E-state index in [0.717, 1.165) is 67.0 Å². The number of imidazole rings is 1. The van der Waals surface area contributed by atoms with Crippen LogP contribution in [-0.2, 0) is 22.6 Å². The molecule has 5 amide bonds. The molecular weight excluding hydrogens is 755 g/mol. The van der Waals surface area contributed by atoms with Gasteiger partial charge in [-0.3, -0.25) is 39.1 Å². The highest BCUT2D eigenvalue weighted by Gasteiger charge is 2.46. The molecule has 0 aliphatic carbocycles. The van der Waals surface area contributed by atoms with E-state index in [1.165, 1.54) is 0 Å². The molecule has 5 aromatic rings. The van der Waals surface area contributed by atoms with Crippen LogP contribution in [0.1, 0.15) is 94.6 Å². The van der Waals surface area contributed by atoms with E-state index < -0.39 is 29.7 Å². The molecule has 0 saturated carbocycles. The molecule has 16 heteroatoms. The first kappa shape index (κ1) is 38.3. The fourth-order valence-corrected chi connectivity index (χ4v) is 8.90. The third kappa shape index (κ3) is 7.72. The molecular formula is C43H45N9O7. The topological polar surface area (TPSA) is 207 Å². The minimum Gasteiger partial charge on any atom is -0.392 e. The number of aromatic nitrogens is 4. The van der Waals surface area contributed by atoms with Gasteiger partial charge in [0, 0.05) is 55.3 Å². The Bertz CT molecular complexity index is 2450. The number of imide groups is 2. The van der Waals surface area contributed by atoms with Gasteiger partial charge in [-0.2, -0.15) is 4.98 Å². The van der Waals surface area contributed by atoms with Gasteiger partial charge in [0.05, 0.1) is 40.5 Å². The summed E-state index contributed by atoms with van der Waals surface area (Å²) in [5.74, 6) is 0.0400. The van der Waals surface area contributed by atoms with Crippen molar-refractivity contribution in [2.24, 2.45) is 5.92 Å². The van der Waals surface area contributed by atoms with Crippen LogP contribution in [0, 0.1) is 5.92 Å². The van der Waals surface area contributed by atoms with Crippen molar-refractivity contribution >= 4 is 51.9 Å². The average Bonchev–Trinajstić information content (AvgIpc) is 4.00. The largest absolute Gasteiger partial charge is 0.392 e. The van der Waals surface area contributed by atoms with Gasteiger partial charge in [0.2, 0.25) is 11.8 Å². The number of likely N-dealkylation sites (tertiary alicyclic amines) is 1. The van der Waals surface area contributed by atoms with E-state index in [1.54, 1.807) is 36.4 Å². The SMILES string of the molecule is C[C@H]1C[C@H](O)CN1Cc1nc2cc(NC(=O)c3ccc(-c4nc(CCCC5CCN(c6cccc7c6C(=O)N(C6CCC(=O)NC6=O)C7=O)CC5)no4)cc3)ccc2[nH]1. The molecule has 16 nitrogen and oxygen atoms in total. The smallest absolute Gasteiger partial charge is 0.264 e. The Hall–Kier alpha value is -6.26. The number of aromatic amines is 1. The van der Waals surface area contributed by atoms with Crippen LogP contribution in [0.4, 0.5) is 11.4 Å². The van der Waals surface area contributed by atoms with Crippen molar-refractivity contribution in [3.63, 3.8) is 0 Å². The Morgan fingerprint density at radius 2 is 1.80 bits per heavy atom. The molecule has 4 N–H and O–H groups in total. The summed E-state index contributed by atoms with van der Waals surface area (Å²) < 4.78 is 5.57. The Balaban J connectivity index is 0.744. The number of amides is 5. The average molecular weight is 800 g/mol. The molecule has 3 fully saturated rings. The van der Waals surface area contributed by atoms with Gasteiger partial charge in [0.15, 0.2) is 5.82 Å². The zero-order valence-corrected chi connectivity index (χ0v) is 32.6. The summed E-state index contributed by atoms with van der Waals surface area (Å²) in [5.41, 5.74) is 4.79. The number of aliphatic hydroxyl groups is 1. The number of piperidine rings is 2. The summed E-state index contributed by atoms with van der Waals surface area (Å²) in [6.07, 6.45) is 5.00. The van der Waals surface area contributed by atoms with Gasteiger partial charge in [0.1, 0.15) is 11.9 Å². The number of carbonyl (C=O) groups excluding carboxylic acids is 5. The molecule has 4 aliphatic rings. The van der Waals surface area contributed by atoms with Crippen molar-refractivity contribution in [1.29, 1.82) is 0 Å². The highest BCUT2D eigenvalue weighted by molar-refractivity contribution is 6.25. The van der Waals surface area contributed by atoms with Crippen molar-refractivity contribution in [3.8, 4) is 11.5 Å². The summed E-state index contributed by atoms with van der Waals surface area (Å²) >= 11 is 0. The van der Waals surface area contributed by atoms with Gasteiger partial charge in [0.25, 0.3) is 23.6 Å². The van der Waals surface area contributed by atoms with E-state index in [-0.39, 0.29) is 30.9 Å². The van der Waals surface area contributed by atoms with Crippen LogP contribution in [0.3, 0.4) is 0 Å². The zero-order valence-electron chi connectivity index (χ0n) is 32.6. The third-order valence-corrected chi connectivity index (χ3v) is 12.1. The number of nitrogens with one attached hydrogen (secondary N) is 3. The number of benzene rings is 3. The minimum absolute atomic E-state index is 0.0789. The lowest BCUT2D eigenvalue weighted by Crippen LogP contribution is -2.54. The molecule has 59 heavy (non-hydrogen) atoms. The Labute approximate surface area is 339 Å². The summed E-state index contributed by atoms with van der Waals surface area (Å²) in [6, 6.07) is 17.2. The van der Waals surface area contributed by atoms with Gasteiger partial charge in [-0.25, -0.2) is 4.98 Å². The van der Waals surface area contributed by atoms with E-state index in [1.807, 2.05) is 24.3 Å². The number of aliphatic hydroxyl groups excluding tert-OH is 1. The van der Waals surface area contributed by atoms with Crippen molar-refractivity contribution in [3.05, 3.63) is 89.0 Å². The number of hydrogen-bond donors (Lipinski definition) is 4. The van der Waals surface area contributed by atoms with Gasteiger partial charge < -0.3 is 24.8 Å². The number of H-pyrrole nitrogens is 1. The number of anilines is 2. The maximum atomic E-state index is 13.6. The second-order valence-corrected chi connectivity index (χ2v) is 16.1. The summed E-state index contributed by atoms with van der Waals surface area (Å²) in [4.78, 5) is 82.2. The van der Waals surface area contributed by atoms with Crippen LogP contribution >= 0.6 is 0 Å². The number of carbonyl (C=O) groups is 5. The molecule has 3 aromatic carbocycles. The molecule has 1 unspecified atom stereocenters. The molecule has 4 aliphatic heterocycles. The second kappa shape index (κ2) is 15.8. The number of β-amino-alcohol motifs (C(OH)–C–C–N with tert-alkyl or cyclic N) is 1. The van der Waals surface area contributed by atoms with Crippen LogP contribution < -0.4 is 15.5 Å². The van der Waals surface area contributed by atoms with Gasteiger partial charge in [-0.05, 0) is 106 Å². The lowest BCUT2D eigenvalue weighted by Gasteiger charge is -2.34. The lowest BCUT2D eigenvalue weighted by atomic mass is 9.91. The summed E-state index contributed by atoms with van der Waals surface area (Å²) in [7, 11) is 0. The first-order chi connectivity index (χ1) is 28.6. The fourth-order valence-electron chi connectivity index (χ4n) is 8.90. The van der Waals surface area contributed by atoms with E-state index in [4.69, 9.17) is 9.51 Å². The van der Waals surface area contributed by atoms with Crippen LogP contribution in [0.25, 0.3) is 22.5 Å². The molecule has 9 rings (SSSR count). The lowest BCUT2D eigenvalue weighted by molar-refractivity contribution is -0.136. The maximum absolute atomic E-state index is 13.6. The van der Waals surface area contributed by atoms with E-state index >= 15 is 0 Å². The van der Waals surface area contributed by atoms with Crippen LogP contribution in [0.5, 0.6) is 0 Å². The van der Waals surface area contributed by atoms with E-state index in [2.05, 4.69) is 42.5 Å². The molecule has 0 radical (unpaired) electrons. The molecule has 2 aromatic heterocycles. The number of nitrogens with zero attached hydrogens (tertiary/aromatic N) is 6. The molecule has 304 valence electrons. The highest BCUT2D eigenvalue weighted by atomic mass is 16.5. The van der Waals surface area contributed by atoms with E-state index in [0.29, 0.717) is 70.8 Å². The maximum Gasteiger partial charge on any atom is 0.264 e. The van der Waals surface area contributed by atoms with E-state index in [9.17, 15) is 29.1 Å². The zero-order chi connectivity index (χ0) is 40.8. The first-order valence-corrected chi connectivity index (χ1v) is 20.3. The van der Waals surface area contributed by atoms with Crippen molar-refractivity contribution in [2.45, 2.75) is 83.0 Å². The Morgan fingerprint density at radius 1 is 0.983 bits per heavy atom. The van der Waals surface area contributed by atoms with Crippen molar-refractivity contribution < 1.29 is 33.6 Å². The van der Waals surface area contributed by atoms with Crippen molar-refractivity contribution in [1.82, 2.24) is 35.2 Å². The van der Waals surface area contributed by atoms with Gasteiger partial charge in [-0.1, -0.05) is 11.2 Å². The Kier molecular flexibility index (Phi) is 10.3. The molecule has 0 spiro atoms. The predicted octanol–water partition coefficient (Wildman–Crippen LogP) is 4.46. The molecule has 3 atom stereocenters. The summed E-state index contributed by atoms with van der Waals surface area (Å²) in [5, 5.41) is 19.4. The monoisotopic (exact) mass is 799 g/mol. The van der Waals surface area contributed by atoms with Crippen molar-refractivity contribution in [2.75, 3.05) is 29.9 Å².